The van der Waals surface area contributed by atoms with Crippen LogP contribution in [0.1, 0.15) is 78.5 Å². The molecule has 265 valence electrons. The van der Waals surface area contributed by atoms with E-state index in [0.29, 0.717) is 5.71 Å². The van der Waals surface area contributed by atoms with Crippen LogP contribution in [0.5, 0.6) is 0 Å². The number of carbonyl (C=O) groups is 1. The van der Waals surface area contributed by atoms with Gasteiger partial charge >= 0.3 is 0 Å². The molecule has 0 fully saturated rings. The van der Waals surface area contributed by atoms with E-state index in [9.17, 15) is 9.90 Å². The zero-order chi connectivity index (χ0) is 35.5. The molecule has 5 nitrogen and oxygen atoms in total. The number of fused-ring (bicyclic) bond motifs is 6. The van der Waals surface area contributed by atoms with Gasteiger partial charge in [-0.25, -0.2) is 4.98 Å². The number of allylic oxidation sites excluding steroid dienone is 2. The Morgan fingerprint density at radius 1 is 0.824 bits per heavy atom. The third-order valence-corrected chi connectivity index (χ3v) is 11.2. The van der Waals surface area contributed by atoms with Gasteiger partial charge in [0.2, 0.25) is 5.71 Å². The van der Waals surface area contributed by atoms with Gasteiger partial charge in [-0.15, -0.1) is 23.6 Å². The number of nitrogens with zero attached hydrogens (tertiary/aromatic N) is 2. The first-order valence-corrected chi connectivity index (χ1v) is 18.0. The Morgan fingerprint density at radius 2 is 1.47 bits per heavy atom. The summed E-state index contributed by atoms with van der Waals surface area (Å²) < 4.78 is 6.25. The van der Waals surface area contributed by atoms with Gasteiger partial charge in [-0.3, -0.25) is 9.78 Å². The molecule has 51 heavy (non-hydrogen) atoms. The monoisotopic (exact) mass is 856 g/mol. The van der Waals surface area contributed by atoms with E-state index in [1.54, 1.807) is 6.33 Å². The van der Waals surface area contributed by atoms with Crippen molar-refractivity contribution in [2.45, 2.75) is 80.1 Å². The van der Waals surface area contributed by atoms with Crippen molar-refractivity contribution in [2.24, 2.45) is 10.8 Å². The van der Waals surface area contributed by atoms with Gasteiger partial charge in [-0.1, -0.05) is 131 Å². The van der Waals surface area contributed by atoms with Gasteiger partial charge in [0, 0.05) is 60.1 Å². The fraction of sp³-hybridized carbons (Fsp3) is 0.311. The van der Waals surface area contributed by atoms with E-state index in [1.165, 1.54) is 33.7 Å². The summed E-state index contributed by atoms with van der Waals surface area (Å²) in [5.74, 6) is 1.28. The van der Waals surface area contributed by atoms with Crippen LogP contribution < -0.4 is 0 Å². The molecule has 0 atom stereocenters. The molecule has 0 amide bonds. The molecular weight excluding hydrogens is 809 g/mol. The minimum atomic E-state index is -0.337. The van der Waals surface area contributed by atoms with Crippen LogP contribution in [0.15, 0.2) is 108 Å². The molecule has 0 unspecified atom stereocenters. The quantitative estimate of drug-likeness (QED) is 0.0890. The maximum absolute atomic E-state index is 12.2. The Labute approximate surface area is 315 Å². The second kappa shape index (κ2) is 15.9. The molecule has 0 aliphatic heterocycles. The molecule has 0 spiro atoms. The number of aliphatic hydroxyl groups excluding tert-OH is 1. The van der Waals surface area contributed by atoms with Crippen molar-refractivity contribution < 1.29 is 34.4 Å². The normalized spacial score (nSPS) is 12.8. The first-order valence-electron chi connectivity index (χ1n) is 18.0. The van der Waals surface area contributed by atoms with Crippen LogP contribution in [0.3, 0.4) is 0 Å². The zero-order valence-electron chi connectivity index (χ0n) is 30.5. The SMILES string of the molecule is CCC(C)(CC)C(=O)/C=C(\O)C(C)(CC)CC.[Ir].[c-]1c(-c2ncnc3oc4c(c23)-c2ccccc2CC4)cc(-c2ccccc2)c2ccccc12. The number of hydrogen-bond acceptors (Lipinski definition) is 5. The topological polar surface area (TPSA) is 76.2 Å². The number of furan rings is 1. The summed E-state index contributed by atoms with van der Waals surface area (Å²) in [5, 5.41) is 13.4. The third kappa shape index (κ3) is 7.36. The van der Waals surface area contributed by atoms with Gasteiger partial charge in [0.15, 0.2) is 5.78 Å². The van der Waals surface area contributed by atoms with Crippen molar-refractivity contribution in [3.05, 3.63) is 120 Å². The Kier molecular flexibility index (Phi) is 11.8. The summed E-state index contributed by atoms with van der Waals surface area (Å²) in [5.41, 5.74) is 7.89. The van der Waals surface area contributed by atoms with E-state index in [1.807, 2.05) is 47.6 Å². The number of rotatable bonds is 9. The second-order valence-electron chi connectivity index (χ2n) is 13.9. The van der Waals surface area contributed by atoms with Crippen molar-refractivity contribution in [2.75, 3.05) is 0 Å². The molecule has 1 aliphatic carbocycles. The summed E-state index contributed by atoms with van der Waals surface area (Å²) in [6.45, 7) is 12.1. The number of aliphatic hydroxyl groups is 1. The molecule has 1 N–H and O–H groups in total. The van der Waals surface area contributed by atoms with Gasteiger partial charge in [0.1, 0.15) is 17.8 Å². The average Bonchev–Trinajstić information content (AvgIpc) is 3.57. The minimum absolute atomic E-state index is 0. The smallest absolute Gasteiger partial charge is 0.222 e. The zero-order valence-corrected chi connectivity index (χ0v) is 32.9. The Balaban J connectivity index is 0.000000242. The van der Waals surface area contributed by atoms with Crippen LogP contribution in [0.25, 0.3) is 55.4 Å². The fourth-order valence-electron chi connectivity index (χ4n) is 6.77. The molecule has 2 aromatic heterocycles. The van der Waals surface area contributed by atoms with E-state index in [2.05, 4.69) is 89.9 Å². The van der Waals surface area contributed by atoms with Crippen LogP contribution >= 0.6 is 0 Å². The van der Waals surface area contributed by atoms with E-state index in [4.69, 9.17) is 9.40 Å². The number of hydrogen-bond donors (Lipinski definition) is 1. The number of ketones is 1. The molecule has 1 radical (unpaired) electrons. The largest absolute Gasteiger partial charge is 0.512 e. The van der Waals surface area contributed by atoms with E-state index in [-0.39, 0.29) is 42.5 Å². The summed E-state index contributed by atoms with van der Waals surface area (Å²) in [6, 6.07) is 33.3. The second-order valence-corrected chi connectivity index (χ2v) is 13.9. The first kappa shape index (κ1) is 37.9. The van der Waals surface area contributed by atoms with E-state index >= 15 is 0 Å². The average molecular weight is 856 g/mol. The predicted octanol–water partition coefficient (Wildman–Crippen LogP) is 11.9. The van der Waals surface area contributed by atoms with Gasteiger partial charge in [-0.2, -0.15) is 0 Å². The van der Waals surface area contributed by atoms with Gasteiger partial charge in [-0.05, 0) is 48.8 Å². The minimum Gasteiger partial charge on any atom is -0.512 e. The summed E-state index contributed by atoms with van der Waals surface area (Å²) in [4.78, 5) is 21.4. The van der Waals surface area contributed by atoms with Crippen LogP contribution in [-0.4, -0.2) is 20.9 Å². The summed E-state index contributed by atoms with van der Waals surface area (Å²) in [7, 11) is 0. The first-order chi connectivity index (χ1) is 24.2. The number of aromatic nitrogens is 2. The van der Waals surface area contributed by atoms with Crippen molar-refractivity contribution in [1.82, 2.24) is 9.97 Å². The predicted molar refractivity (Wildman–Crippen MR) is 205 cm³/mol. The standard InChI is InChI=1S/C30H19N2O.C15H28O2.Ir/c1-2-8-19(9-3-1)25-17-22(16-21-11-5-6-12-23(21)25)29-28-27-24-13-7-4-10-20(24)14-15-26(27)33-30(28)32-18-31-29;1-7-14(5,8-2)12(16)11-13(17)15(6,9-3)10-4;/h1-13,17-18H,14-15H2;11,16H,7-10H2,1-6H3;/q-1;;/b;12-11-;. The molecule has 1 aliphatic rings. The van der Waals surface area contributed by atoms with Crippen LogP contribution in [0.2, 0.25) is 0 Å². The van der Waals surface area contributed by atoms with Gasteiger partial charge in [0.25, 0.3) is 0 Å². The van der Waals surface area contributed by atoms with Crippen LogP contribution in [-0.2, 0) is 37.7 Å². The molecule has 6 heteroatoms. The van der Waals surface area contributed by atoms with E-state index < -0.39 is 0 Å². The summed E-state index contributed by atoms with van der Waals surface area (Å²) in [6.07, 6.45) is 8.21. The van der Waals surface area contributed by atoms with E-state index in [0.717, 1.165) is 71.9 Å². The number of benzene rings is 4. The van der Waals surface area contributed by atoms with Crippen molar-refractivity contribution in [1.29, 1.82) is 0 Å². The molecule has 6 aromatic rings. The Bertz CT molecular complexity index is 2180. The molecule has 0 saturated heterocycles. The van der Waals surface area contributed by atoms with Crippen molar-refractivity contribution in [3.8, 4) is 33.5 Å². The maximum Gasteiger partial charge on any atom is 0.222 e. The molecule has 4 aromatic carbocycles. The molecule has 2 heterocycles. The maximum atomic E-state index is 12.2. The van der Waals surface area contributed by atoms with Gasteiger partial charge in [0.05, 0.1) is 0 Å². The molecule has 0 saturated carbocycles. The summed E-state index contributed by atoms with van der Waals surface area (Å²) >= 11 is 0. The third-order valence-electron chi connectivity index (χ3n) is 11.2. The Hall–Kier alpha value is -4.38. The van der Waals surface area contributed by atoms with Gasteiger partial charge < -0.3 is 9.52 Å². The van der Waals surface area contributed by atoms with Crippen LogP contribution in [0, 0.1) is 16.9 Å². The van der Waals surface area contributed by atoms with Crippen molar-refractivity contribution >= 4 is 27.7 Å². The Morgan fingerprint density at radius 3 is 2.18 bits per heavy atom. The molecular formula is C45H47IrN2O3-. The van der Waals surface area contributed by atoms with Crippen molar-refractivity contribution in [3.63, 3.8) is 0 Å². The molecule has 7 rings (SSSR count). The molecule has 0 bridgehead atoms. The van der Waals surface area contributed by atoms with Crippen LogP contribution in [0.4, 0.5) is 0 Å². The number of carbonyl (C=O) groups excluding carboxylic acids is 1. The number of aryl methyl sites for hydroxylation is 2. The fourth-order valence-corrected chi connectivity index (χ4v) is 6.77.